The van der Waals surface area contributed by atoms with Crippen molar-refractivity contribution in [1.82, 2.24) is 4.90 Å². The first-order valence-electron chi connectivity index (χ1n) is 6.51. The molecule has 0 saturated carbocycles. The Balaban J connectivity index is 2.08. The van der Waals surface area contributed by atoms with Gasteiger partial charge in [-0.1, -0.05) is 0 Å². The number of carbonyl (C=O) groups is 2. The van der Waals surface area contributed by atoms with Crippen molar-refractivity contribution in [1.29, 1.82) is 0 Å². The predicted molar refractivity (Wildman–Crippen MR) is 72.0 cm³/mol. The summed E-state index contributed by atoms with van der Waals surface area (Å²) in [6.07, 6.45) is -0.374. The predicted octanol–water partition coefficient (Wildman–Crippen LogP) is 0.502. The summed E-state index contributed by atoms with van der Waals surface area (Å²) in [5.41, 5.74) is 0.0220. The van der Waals surface area contributed by atoms with Crippen molar-refractivity contribution in [2.45, 2.75) is 12.5 Å². The summed E-state index contributed by atoms with van der Waals surface area (Å²) >= 11 is 0. The molecule has 1 amide bonds. The molecule has 0 aromatic heterocycles. The lowest BCUT2D eigenvalue weighted by Gasteiger charge is -2.32. The largest absolute Gasteiger partial charge is 0.508 e. The van der Waals surface area contributed by atoms with E-state index >= 15 is 0 Å². The average Bonchev–Trinajstić information content (AvgIpc) is 2.49. The molecule has 1 aromatic rings. The number of hydrogen-bond acceptors (Lipinski definition) is 6. The third kappa shape index (κ3) is 3.63. The average molecular weight is 295 g/mol. The fraction of sp³-hybridized carbons (Fsp3) is 0.429. The van der Waals surface area contributed by atoms with Crippen molar-refractivity contribution >= 4 is 11.9 Å². The summed E-state index contributed by atoms with van der Waals surface area (Å²) in [5, 5.41) is 19.1. The van der Waals surface area contributed by atoms with Gasteiger partial charge in [0, 0.05) is 13.1 Å². The Hall–Kier alpha value is -2.28. The summed E-state index contributed by atoms with van der Waals surface area (Å²) < 4.78 is 9.99. The van der Waals surface area contributed by atoms with Crippen LogP contribution in [-0.4, -0.2) is 59.9 Å². The van der Waals surface area contributed by atoms with Gasteiger partial charge in [0.05, 0.1) is 31.8 Å². The zero-order valence-corrected chi connectivity index (χ0v) is 11.6. The number of carbonyl (C=O) groups excluding carboxylic acids is 2. The number of rotatable bonds is 3. The van der Waals surface area contributed by atoms with E-state index in [1.807, 2.05) is 0 Å². The van der Waals surface area contributed by atoms with Crippen LogP contribution in [0.25, 0.3) is 0 Å². The highest BCUT2D eigenvalue weighted by Crippen LogP contribution is 2.24. The van der Waals surface area contributed by atoms with Crippen LogP contribution in [0.3, 0.4) is 0 Å². The number of aromatic hydroxyl groups is 2. The van der Waals surface area contributed by atoms with Crippen molar-refractivity contribution in [2.75, 3.05) is 26.8 Å². The number of amides is 1. The van der Waals surface area contributed by atoms with Gasteiger partial charge in [0.1, 0.15) is 11.5 Å². The molecule has 0 bridgehead atoms. The molecular weight excluding hydrogens is 278 g/mol. The Morgan fingerprint density at radius 3 is 2.90 bits per heavy atom. The van der Waals surface area contributed by atoms with Crippen molar-refractivity contribution in [3.05, 3.63) is 23.8 Å². The Bertz CT molecular complexity index is 544. The summed E-state index contributed by atoms with van der Waals surface area (Å²) in [4.78, 5) is 25.1. The minimum atomic E-state index is -0.436. The van der Waals surface area contributed by atoms with E-state index in [0.29, 0.717) is 13.2 Å². The van der Waals surface area contributed by atoms with E-state index in [1.165, 1.54) is 30.2 Å². The molecule has 114 valence electrons. The molecule has 0 radical (unpaired) electrons. The normalized spacial score (nSPS) is 18.3. The maximum absolute atomic E-state index is 12.4. The number of morpholine rings is 1. The molecule has 7 heteroatoms. The molecule has 2 N–H and O–H groups in total. The van der Waals surface area contributed by atoms with Crippen molar-refractivity contribution in [3.8, 4) is 11.5 Å². The Kier molecular flexibility index (Phi) is 4.64. The molecule has 1 fully saturated rings. The molecule has 21 heavy (non-hydrogen) atoms. The van der Waals surface area contributed by atoms with Gasteiger partial charge < -0.3 is 24.6 Å². The lowest BCUT2D eigenvalue weighted by Crippen LogP contribution is -2.46. The second-order valence-corrected chi connectivity index (χ2v) is 4.73. The number of esters is 1. The smallest absolute Gasteiger partial charge is 0.308 e. The minimum absolute atomic E-state index is 0.0220. The maximum atomic E-state index is 12.4. The molecule has 1 aromatic carbocycles. The van der Waals surface area contributed by atoms with Gasteiger partial charge in [0.25, 0.3) is 5.91 Å². The topological polar surface area (TPSA) is 96.3 Å². The fourth-order valence-corrected chi connectivity index (χ4v) is 2.16. The number of phenolic OH excluding ortho intramolecular Hbond substituents is 2. The van der Waals surface area contributed by atoms with E-state index in [0.717, 1.165) is 0 Å². The first-order chi connectivity index (χ1) is 10.0. The van der Waals surface area contributed by atoms with Crippen LogP contribution in [0.15, 0.2) is 18.2 Å². The summed E-state index contributed by atoms with van der Waals surface area (Å²) in [6, 6.07) is 3.77. The van der Waals surface area contributed by atoms with Gasteiger partial charge in [-0.3, -0.25) is 9.59 Å². The Morgan fingerprint density at radius 1 is 1.43 bits per heavy atom. The second-order valence-electron chi connectivity index (χ2n) is 4.73. The summed E-state index contributed by atoms with van der Waals surface area (Å²) in [6.45, 7) is 0.877. The van der Waals surface area contributed by atoms with Gasteiger partial charge in [-0.25, -0.2) is 0 Å². The number of ether oxygens (including phenoxy) is 2. The van der Waals surface area contributed by atoms with Gasteiger partial charge >= 0.3 is 5.97 Å². The molecule has 0 aliphatic carbocycles. The zero-order valence-electron chi connectivity index (χ0n) is 11.6. The maximum Gasteiger partial charge on any atom is 0.308 e. The number of phenols is 2. The standard InChI is InChI=1S/C14H17NO6/c1-20-13(18)7-10-8-15(4-5-21-10)14(19)11-6-9(16)2-3-12(11)17/h2-3,6,10,16-17H,4-5,7-8H2,1H3. The molecule has 1 aliphatic rings. The molecule has 2 rings (SSSR count). The lowest BCUT2D eigenvalue weighted by molar-refractivity contribution is -0.145. The quantitative estimate of drug-likeness (QED) is 0.623. The van der Waals surface area contributed by atoms with Gasteiger partial charge in [-0.15, -0.1) is 0 Å². The highest BCUT2D eigenvalue weighted by Gasteiger charge is 2.28. The van der Waals surface area contributed by atoms with Crippen LogP contribution >= 0.6 is 0 Å². The van der Waals surface area contributed by atoms with E-state index in [9.17, 15) is 19.8 Å². The molecule has 1 atom stereocenters. The third-order valence-corrected chi connectivity index (χ3v) is 3.26. The fourth-order valence-electron chi connectivity index (χ4n) is 2.16. The molecule has 7 nitrogen and oxygen atoms in total. The summed E-state index contributed by atoms with van der Waals surface area (Å²) in [7, 11) is 1.29. The Labute approximate surface area is 121 Å². The molecule has 1 heterocycles. The van der Waals surface area contributed by atoms with Crippen LogP contribution < -0.4 is 0 Å². The Morgan fingerprint density at radius 2 is 2.19 bits per heavy atom. The number of hydrogen-bond donors (Lipinski definition) is 2. The van der Waals surface area contributed by atoms with E-state index in [2.05, 4.69) is 4.74 Å². The van der Waals surface area contributed by atoms with E-state index in [-0.39, 0.29) is 30.0 Å². The van der Waals surface area contributed by atoms with Crippen LogP contribution in [0, 0.1) is 0 Å². The first-order valence-corrected chi connectivity index (χ1v) is 6.51. The minimum Gasteiger partial charge on any atom is -0.508 e. The molecule has 1 aliphatic heterocycles. The van der Waals surface area contributed by atoms with Crippen molar-refractivity contribution in [2.24, 2.45) is 0 Å². The van der Waals surface area contributed by atoms with Crippen LogP contribution in [0.5, 0.6) is 11.5 Å². The second kappa shape index (κ2) is 6.45. The van der Waals surface area contributed by atoms with Crippen LogP contribution in [-0.2, 0) is 14.3 Å². The third-order valence-electron chi connectivity index (χ3n) is 3.26. The van der Waals surface area contributed by atoms with Crippen LogP contribution in [0.4, 0.5) is 0 Å². The molecular formula is C14H17NO6. The number of nitrogens with zero attached hydrogens (tertiary/aromatic N) is 1. The van der Waals surface area contributed by atoms with Crippen LogP contribution in [0.1, 0.15) is 16.8 Å². The van der Waals surface area contributed by atoms with E-state index in [1.54, 1.807) is 0 Å². The van der Waals surface area contributed by atoms with Gasteiger partial charge in [0.15, 0.2) is 0 Å². The van der Waals surface area contributed by atoms with Gasteiger partial charge in [-0.05, 0) is 18.2 Å². The van der Waals surface area contributed by atoms with Gasteiger partial charge in [-0.2, -0.15) is 0 Å². The van der Waals surface area contributed by atoms with Crippen molar-refractivity contribution in [3.63, 3.8) is 0 Å². The highest BCUT2D eigenvalue weighted by molar-refractivity contribution is 5.97. The SMILES string of the molecule is COC(=O)CC1CN(C(=O)c2cc(O)ccc2O)CCO1. The van der Waals surface area contributed by atoms with Gasteiger partial charge in [0.2, 0.25) is 0 Å². The highest BCUT2D eigenvalue weighted by atomic mass is 16.5. The van der Waals surface area contributed by atoms with Crippen LogP contribution in [0.2, 0.25) is 0 Å². The molecule has 0 spiro atoms. The first kappa shape index (κ1) is 15.1. The lowest BCUT2D eigenvalue weighted by atomic mass is 10.1. The zero-order chi connectivity index (χ0) is 15.4. The molecule has 1 saturated heterocycles. The monoisotopic (exact) mass is 295 g/mol. The summed E-state index contributed by atoms with van der Waals surface area (Å²) in [5.74, 6) is -1.12. The van der Waals surface area contributed by atoms with Crippen molar-refractivity contribution < 1.29 is 29.3 Å². The molecule has 1 unspecified atom stereocenters. The van der Waals surface area contributed by atoms with E-state index in [4.69, 9.17) is 4.74 Å². The number of benzene rings is 1. The number of methoxy groups -OCH3 is 1. The van der Waals surface area contributed by atoms with E-state index < -0.39 is 18.0 Å².